The zero-order chi connectivity index (χ0) is 12.6. The third-order valence-corrected chi connectivity index (χ3v) is 2.88. The van der Waals surface area contributed by atoms with E-state index in [1.807, 2.05) is 13.8 Å². The van der Waals surface area contributed by atoms with E-state index in [2.05, 4.69) is 5.32 Å². The molecule has 0 saturated carbocycles. The minimum atomic E-state index is -4.79. The van der Waals surface area contributed by atoms with Gasteiger partial charge in [-0.1, -0.05) is 6.92 Å². The molecule has 0 aromatic carbocycles. The summed E-state index contributed by atoms with van der Waals surface area (Å²) in [6.45, 7) is 4.32. The van der Waals surface area contributed by atoms with Gasteiger partial charge in [0.05, 0.1) is 0 Å². The van der Waals surface area contributed by atoms with Crippen molar-refractivity contribution in [3.8, 4) is 0 Å². The van der Waals surface area contributed by atoms with E-state index in [0.717, 1.165) is 11.5 Å². The van der Waals surface area contributed by atoms with Crippen LogP contribution in [0.15, 0.2) is 0 Å². The maximum Gasteiger partial charge on any atom is 0.471 e. The van der Waals surface area contributed by atoms with Crippen molar-refractivity contribution in [3.63, 3.8) is 0 Å². The molecule has 0 aliphatic carbocycles. The molecule has 1 atom stereocenters. The van der Waals surface area contributed by atoms with Crippen LogP contribution in [0.2, 0.25) is 0 Å². The number of rotatable bonds is 7. The Bertz CT molecular complexity index is 211. The van der Waals surface area contributed by atoms with E-state index >= 15 is 0 Å². The Morgan fingerprint density at radius 2 is 2.00 bits per heavy atom. The minimum absolute atomic E-state index is 0.0144. The fourth-order valence-corrected chi connectivity index (χ4v) is 1.66. The van der Waals surface area contributed by atoms with Crippen LogP contribution >= 0.6 is 11.8 Å². The highest BCUT2D eigenvalue weighted by molar-refractivity contribution is 7.99. The first-order valence-electron chi connectivity index (χ1n) is 5.04. The van der Waals surface area contributed by atoms with Crippen LogP contribution in [-0.4, -0.2) is 42.7 Å². The van der Waals surface area contributed by atoms with Gasteiger partial charge in [-0.2, -0.15) is 24.9 Å². The summed E-state index contributed by atoms with van der Waals surface area (Å²) in [7, 11) is 0. The second kappa shape index (κ2) is 7.78. The number of carbonyl (C=O) groups is 1. The van der Waals surface area contributed by atoms with Gasteiger partial charge in [-0.05, 0) is 12.7 Å². The zero-order valence-corrected chi connectivity index (χ0v) is 10.2. The molecule has 0 aliphatic rings. The molecule has 96 valence electrons. The van der Waals surface area contributed by atoms with E-state index in [4.69, 9.17) is 0 Å². The standard InChI is InChI=1S/C9H17F3N2OS/c1-3-16-6-7(2)13-4-5-14-8(15)9(10,11)12/h7,13H,3-6H2,1-2H3,(H,14,15)/t7-/m0/s1. The summed E-state index contributed by atoms with van der Waals surface area (Å²) in [5.41, 5.74) is 0. The summed E-state index contributed by atoms with van der Waals surface area (Å²) in [4.78, 5) is 10.4. The lowest BCUT2D eigenvalue weighted by molar-refractivity contribution is -0.173. The number of halogens is 3. The van der Waals surface area contributed by atoms with Gasteiger partial charge >= 0.3 is 12.1 Å². The quantitative estimate of drug-likeness (QED) is 0.678. The van der Waals surface area contributed by atoms with Gasteiger partial charge in [0.25, 0.3) is 0 Å². The summed E-state index contributed by atoms with van der Waals surface area (Å²) < 4.78 is 35.3. The molecular weight excluding hydrogens is 241 g/mol. The number of carbonyl (C=O) groups excluding carboxylic acids is 1. The molecule has 0 aromatic rings. The summed E-state index contributed by atoms with van der Waals surface area (Å²) in [6, 6.07) is 0.229. The predicted molar refractivity (Wildman–Crippen MR) is 59.5 cm³/mol. The van der Waals surface area contributed by atoms with Crippen molar-refractivity contribution >= 4 is 17.7 Å². The number of amides is 1. The van der Waals surface area contributed by atoms with Gasteiger partial charge in [0.15, 0.2) is 0 Å². The third-order valence-electron chi connectivity index (χ3n) is 1.73. The fourth-order valence-electron chi connectivity index (χ4n) is 0.948. The number of hydrogen-bond donors (Lipinski definition) is 2. The minimum Gasteiger partial charge on any atom is -0.347 e. The molecule has 3 nitrogen and oxygen atoms in total. The lowest BCUT2D eigenvalue weighted by Crippen LogP contribution is -2.42. The molecule has 0 heterocycles. The van der Waals surface area contributed by atoms with Crippen LogP contribution in [0.25, 0.3) is 0 Å². The Labute approximate surface area is 97.5 Å². The molecule has 0 aliphatic heterocycles. The van der Waals surface area contributed by atoms with Gasteiger partial charge < -0.3 is 10.6 Å². The van der Waals surface area contributed by atoms with E-state index in [1.165, 1.54) is 0 Å². The van der Waals surface area contributed by atoms with Crippen molar-refractivity contribution in [2.45, 2.75) is 26.1 Å². The Morgan fingerprint density at radius 1 is 1.38 bits per heavy atom. The van der Waals surface area contributed by atoms with E-state index < -0.39 is 12.1 Å². The molecule has 0 radical (unpaired) electrons. The molecule has 16 heavy (non-hydrogen) atoms. The Morgan fingerprint density at radius 3 is 2.50 bits per heavy atom. The highest BCUT2D eigenvalue weighted by atomic mass is 32.2. The van der Waals surface area contributed by atoms with Crippen molar-refractivity contribution < 1.29 is 18.0 Å². The van der Waals surface area contributed by atoms with E-state index in [9.17, 15) is 18.0 Å². The molecular formula is C9H17F3N2OS. The lowest BCUT2D eigenvalue weighted by Gasteiger charge is -2.13. The van der Waals surface area contributed by atoms with E-state index in [-0.39, 0.29) is 12.6 Å². The van der Waals surface area contributed by atoms with Crippen LogP contribution in [0.3, 0.4) is 0 Å². The predicted octanol–water partition coefficient (Wildman–Crippen LogP) is 1.40. The van der Waals surface area contributed by atoms with Crippen molar-refractivity contribution in [1.82, 2.24) is 10.6 Å². The molecule has 2 N–H and O–H groups in total. The van der Waals surface area contributed by atoms with Gasteiger partial charge in [-0.25, -0.2) is 0 Å². The summed E-state index contributed by atoms with van der Waals surface area (Å²) in [5.74, 6) is 0.0328. The van der Waals surface area contributed by atoms with Crippen molar-refractivity contribution in [2.24, 2.45) is 0 Å². The number of hydrogen-bond acceptors (Lipinski definition) is 3. The average Bonchev–Trinajstić information content (AvgIpc) is 2.19. The molecule has 0 fully saturated rings. The first kappa shape index (κ1) is 15.6. The topological polar surface area (TPSA) is 41.1 Å². The molecule has 0 bridgehead atoms. The Kier molecular flexibility index (Phi) is 7.57. The highest BCUT2D eigenvalue weighted by Gasteiger charge is 2.38. The molecule has 0 aromatic heterocycles. The van der Waals surface area contributed by atoms with Crippen molar-refractivity contribution in [3.05, 3.63) is 0 Å². The number of thioether (sulfide) groups is 1. The highest BCUT2D eigenvalue weighted by Crippen LogP contribution is 2.13. The summed E-state index contributed by atoms with van der Waals surface area (Å²) in [6.07, 6.45) is -4.79. The molecule has 1 amide bonds. The van der Waals surface area contributed by atoms with Crippen LogP contribution in [0, 0.1) is 0 Å². The monoisotopic (exact) mass is 258 g/mol. The third kappa shape index (κ3) is 7.81. The average molecular weight is 258 g/mol. The SMILES string of the molecule is CCSC[C@H](C)NCCNC(=O)C(F)(F)F. The normalized spacial score (nSPS) is 13.6. The van der Waals surface area contributed by atoms with Gasteiger partial charge in [-0.3, -0.25) is 4.79 Å². The van der Waals surface area contributed by atoms with Gasteiger partial charge in [-0.15, -0.1) is 0 Å². The zero-order valence-electron chi connectivity index (χ0n) is 9.36. The molecule has 0 unspecified atom stereocenters. The van der Waals surface area contributed by atoms with Crippen LogP contribution in [0.5, 0.6) is 0 Å². The first-order valence-corrected chi connectivity index (χ1v) is 6.19. The maximum absolute atomic E-state index is 11.8. The van der Waals surface area contributed by atoms with Crippen LogP contribution in [-0.2, 0) is 4.79 Å². The smallest absolute Gasteiger partial charge is 0.347 e. The Hall–Kier alpha value is -0.430. The van der Waals surface area contributed by atoms with Gasteiger partial charge in [0.1, 0.15) is 0 Å². The molecule has 0 spiro atoms. The number of alkyl halides is 3. The Balaban J connectivity index is 3.50. The van der Waals surface area contributed by atoms with Gasteiger partial charge in [0, 0.05) is 24.9 Å². The fraction of sp³-hybridized carbons (Fsp3) is 0.889. The van der Waals surface area contributed by atoms with Gasteiger partial charge in [0.2, 0.25) is 0 Å². The maximum atomic E-state index is 11.8. The molecule has 0 rings (SSSR count). The van der Waals surface area contributed by atoms with Crippen LogP contribution in [0.4, 0.5) is 13.2 Å². The van der Waals surface area contributed by atoms with E-state index in [0.29, 0.717) is 6.54 Å². The van der Waals surface area contributed by atoms with Crippen molar-refractivity contribution in [1.29, 1.82) is 0 Å². The first-order chi connectivity index (χ1) is 7.38. The second-order valence-corrected chi connectivity index (χ2v) is 4.59. The molecule has 0 saturated heterocycles. The van der Waals surface area contributed by atoms with Crippen LogP contribution in [0.1, 0.15) is 13.8 Å². The van der Waals surface area contributed by atoms with E-state index in [1.54, 1.807) is 17.1 Å². The summed E-state index contributed by atoms with van der Waals surface area (Å²) in [5, 5.41) is 4.82. The largest absolute Gasteiger partial charge is 0.471 e. The second-order valence-electron chi connectivity index (χ2n) is 3.27. The molecule has 7 heteroatoms. The van der Waals surface area contributed by atoms with Crippen LogP contribution < -0.4 is 10.6 Å². The summed E-state index contributed by atoms with van der Waals surface area (Å²) >= 11 is 1.75. The van der Waals surface area contributed by atoms with Crippen molar-refractivity contribution in [2.75, 3.05) is 24.6 Å². The number of nitrogens with one attached hydrogen (secondary N) is 2. The lowest BCUT2D eigenvalue weighted by atomic mass is 10.4.